The molecule has 0 saturated carbocycles. The summed E-state index contributed by atoms with van der Waals surface area (Å²) >= 11 is 0. The molecule has 0 amide bonds. The first-order chi connectivity index (χ1) is 7.10. The molecule has 0 aromatic heterocycles. The minimum atomic E-state index is -0.849. The van der Waals surface area contributed by atoms with Gasteiger partial charge in [0, 0.05) is 13.3 Å². The Kier molecular flexibility index (Phi) is 2.70. The fourth-order valence-electron chi connectivity index (χ4n) is 1.73. The zero-order valence-corrected chi connectivity index (χ0v) is 9.08. The van der Waals surface area contributed by atoms with E-state index >= 15 is 0 Å². The molecule has 2 bridgehead atoms. The van der Waals surface area contributed by atoms with Gasteiger partial charge in [0.15, 0.2) is 0 Å². The maximum atomic E-state index is 10.7. The molecule has 3 aliphatic heterocycles. The minimum absolute atomic E-state index is 0.290. The second-order valence-corrected chi connectivity index (χ2v) is 4.18. The number of hydrogen-bond acceptors (Lipinski definition) is 5. The molecule has 0 radical (unpaired) electrons. The maximum Gasteiger partial charge on any atom is 0.302 e. The van der Waals surface area contributed by atoms with Crippen molar-refractivity contribution in [2.24, 2.45) is 5.41 Å². The number of esters is 1. The second-order valence-electron chi connectivity index (χ2n) is 4.18. The van der Waals surface area contributed by atoms with Crippen LogP contribution in [0.5, 0.6) is 0 Å². The maximum absolute atomic E-state index is 10.7. The Bertz CT molecular complexity index is 238. The molecule has 5 heteroatoms. The van der Waals surface area contributed by atoms with E-state index in [9.17, 15) is 4.79 Å². The van der Waals surface area contributed by atoms with E-state index in [2.05, 4.69) is 0 Å². The molecule has 0 N–H and O–H groups in total. The Morgan fingerprint density at radius 2 is 1.80 bits per heavy atom. The molecule has 0 aliphatic carbocycles. The minimum Gasteiger partial charge on any atom is -0.465 e. The molecule has 86 valence electrons. The van der Waals surface area contributed by atoms with Crippen molar-refractivity contribution in [1.29, 1.82) is 0 Å². The zero-order chi connectivity index (χ0) is 10.9. The number of hydrogen-bond donors (Lipinski definition) is 0. The number of carbonyl (C=O) groups excluding carboxylic acids is 1. The molecule has 0 aromatic carbocycles. The van der Waals surface area contributed by atoms with Gasteiger partial charge in [-0.15, -0.1) is 0 Å². The van der Waals surface area contributed by atoms with Gasteiger partial charge in [0.2, 0.25) is 0 Å². The number of carbonyl (C=O) groups is 1. The summed E-state index contributed by atoms with van der Waals surface area (Å²) in [7, 11) is 0. The van der Waals surface area contributed by atoms with Crippen molar-refractivity contribution < 1.29 is 23.7 Å². The smallest absolute Gasteiger partial charge is 0.302 e. The third kappa shape index (κ3) is 2.00. The van der Waals surface area contributed by atoms with E-state index in [4.69, 9.17) is 18.9 Å². The number of fused-ring (bicyclic) bond motifs is 3. The summed E-state index contributed by atoms with van der Waals surface area (Å²) in [4.78, 5) is 10.7. The van der Waals surface area contributed by atoms with Gasteiger partial charge in [-0.3, -0.25) is 4.79 Å². The van der Waals surface area contributed by atoms with Crippen LogP contribution in [0.4, 0.5) is 0 Å². The molecule has 15 heavy (non-hydrogen) atoms. The van der Waals surface area contributed by atoms with Crippen molar-refractivity contribution in [3.05, 3.63) is 0 Å². The van der Waals surface area contributed by atoms with Crippen LogP contribution in [0.25, 0.3) is 0 Å². The predicted octanol–water partition coefficient (Wildman–Crippen LogP) is 0.677. The topological polar surface area (TPSA) is 54.0 Å². The van der Waals surface area contributed by atoms with Gasteiger partial charge in [0.05, 0.1) is 25.2 Å². The lowest BCUT2D eigenvalue weighted by Crippen LogP contribution is -2.61. The largest absolute Gasteiger partial charge is 0.465 e. The lowest BCUT2D eigenvalue weighted by atomic mass is 9.90. The Morgan fingerprint density at radius 1 is 1.27 bits per heavy atom. The van der Waals surface area contributed by atoms with Gasteiger partial charge >= 0.3 is 5.97 Å². The normalized spacial score (nSPS) is 39.1. The summed E-state index contributed by atoms with van der Waals surface area (Å²) in [6.45, 7) is 5.20. The summed E-state index contributed by atoms with van der Waals surface area (Å²) in [5.41, 5.74) is -0.317. The molecule has 0 atom stereocenters. The molecule has 3 heterocycles. The first-order valence-electron chi connectivity index (χ1n) is 5.15. The molecular formula is C10H16O5. The molecular weight excluding hydrogens is 200 g/mol. The van der Waals surface area contributed by atoms with Crippen LogP contribution < -0.4 is 0 Å². The Labute approximate surface area is 88.6 Å². The fraction of sp³-hybridized carbons (Fsp3) is 0.900. The monoisotopic (exact) mass is 216 g/mol. The van der Waals surface area contributed by atoms with E-state index < -0.39 is 5.97 Å². The third-order valence-corrected chi connectivity index (χ3v) is 2.81. The molecule has 0 unspecified atom stereocenters. The van der Waals surface area contributed by atoms with Crippen LogP contribution in [0.15, 0.2) is 0 Å². The first kappa shape index (κ1) is 10.9. The average Bonchev–Trinajstić information content (AvgIpc) is 2.29. The van der Waals surface area contributed by atoms with Gasteiger partial charge in [-0.25, -0.2) is 0 Å². The summed E-state index contributed by atoms with van der Waals surface area (Å²) in [6.07, 6.45) is 0.663. The van der Waals surface area contributed by atoms with Crippen LogP contribution in [-0.4, -0.2) is 38.4 Å². The SMILES string of the molecule is CCC12OCC(COC(C)=O)(CO1)CO2. The van der Waals surface area contributed by atoms with E-state index in [-0.39, 0.29) is 11.4 Å². The summed E-state index contributed by atoms with van der Waals surface area (Å²) < 4.78 is 21.5. The van der Waals surface area contributed by atoms with E-state index in [1.54, 1.807) is 0 Å². The van der Waals surface area contributed by atoms with Gasteiger partial charge in [-0.1, -0.05) is 6.92 Å². The highest BCUT2D eigenvalue weighted by Gasteiger charge is 2.52. The van der Waals surface area contributed by atoms with E-state index in [0.29, 0.717) is 32.8 Å². The van der Waals surface area contributed by atoms with Gasteiger partial charge in [-0.2, -0.15) is 0 Å². The van der Waals surface area contributed by atoms with Crippen LogP contribution in [0.3, 0.4) is 0 Å². The van der Waals surface area contributed by atoms with E-state index in [1.807, 2.05) is 6.92 Å². The van der Waals surface area contributed by atoms with Crippen molar-refractivity contribution in [2.75, 3.05) is 26.4 Å². The number of rotatable bonds is 3. The van der Waals surface area contributed by atoms with Crippen LogP contribution in [0.1, 0.15) is 20.3 Å². The highest BCUT2D eigenvalue weighted by molar-refractivity contribution is 5.65. The second kappa shape index (κ2) is 3.73. The quantitative estimate of drug-likeness (QED) is 0.649. The third-order valence-electron chi connectivity index (χ3n) is 2.81. The van der Waals surface area contributed by atoms with Crippen molar-refractivity contribution in [3.63, 3.8) is 0 Å². The Morgan fingerprint density at radius 3 is 2.20 bits per heavy atom. The molecule has 3 rings (SSSR count). The zero-order valence-electron chi connectivity index (χ0n) is 9.08. The van der Waals surface area contributed by atoms with Crippen LogP contribution >= 0.6 is 0 Å². The standard InChI is InChI=1S/C10H16O5/c1-3-10-13-5-9(6-14-10,7-15-10)4-12-8(2)11/h3-7H2,1-2H3. The lowest BCUT2D eigenvalue weighted by molar-refractivity contribution is -0.470. The average molecular weight is 216 g/mol. The van der Waals surface area contributed by atoms with Crippen molar-refractivity contribution >= 4 is 5.97 Å². The molecule has 5 nitrogen and oxygen atoms in total. The highest BCUT2D eigenvalue weighted by atomic mass is 16.9. The van der Waals surface area contributed by atoms with Crippen LogP contribution in [0, 0.1) is 5.41 Å². The summed E-state index contributed by atoms with van der Waals surface area (Å²) in [5.74, 6) is -1.14. The molecule has 3 aliphatic rings. The number of ether oxygens (including phenoxy) is 4. The molecule has 0 spiro atoms. The Hall–Kier alpha value is -0.650. The molecule has 3 saturated heterocycles. The fourth-order valence-corrected chi connectivity index (χ4v) is 1.73. The van der Waals surface area contributed by atoms with Crippen molar-refractivity contribution in [3.8, 4) is 0 Å². The van der Waals surface area contributed by atoms with Gasteiger partial charge in [-0.05, 0) is 0 Å². The van der Waals surface area contributed by atoms with E-state index in [1.165, 1.54) is 6.92 Å². The first-order valence-corrected chi connectivity index (χ1v) is 5.15. The van der Waals surface area contributed by atoms with E-state index in [0.717, 1.165) is 0 Å². The molecule has 0 aromatic rings. The predicted molar refractivity (Wildman–Crippen MR) is 49.9 cm³/mol. The van der Waals surface area contributed by atoms with Gasteiger partial charge < -0.3 is 18.9 Å². The van der Waals surface area contributed by atoms with Crippen molar-refractivity contribution in [1.82, 2.24) is 0 Å². The van der Waals surface area contributed by atoms with Crippen LogP contribution in [0.2, 0.25) is 0 Å². The van der Waals surface area contributed by atoms with Crippen LogP contribution in [-0.2, 0) is 23.7 Å². The highest BCUT2D eigenvalue weighted by Crippen LogP contribution is 2.40. The van der Waals surface area contributed by atoms with Crippen molar-refractivity contribution in [2.45, 2.75) is 26.2 Å². The summed E-state index contributed by atoms with van der Waals surface area (Å²) in [6, 6.07) is 0. The lowest BCUT2D eigenvalue weighted by Gasteiger charge is -2.51. The Balaban J connectivity index is 1.94. The van der Waals surface area contributed by atoms with Gasteiger partial charge in [0.1, 0.15) is 6.61 Å². The summed E-state index contributed by atoms with van der Waals surface area (Å²) in [5, 5.41) is 0. The van der Waals surface area contributed by atoms with Gasteiger partial charge in [0.25, 0.3) is 5.97 Å². The molecule has 3 fully saturated rings.